The van der Waals surface area contributed by atoms with Crippen molar-refractivity contribution in [2.24, 2.45) is 11.7 Å². The molecule has 1 aliphatic carbocycles. The van der Waals surface area contributed by atoms with Crippen LogP contribution in [0.25, 0.3) is 0 Å². The quantitative estimate of drug-likeness (QED) is 0.723. The number of primary amides is 1. The lowest BCUT2D eigenvalue weighted by molar-refractivity contribution is -0.129. The van der Waals surface area contributed by atoms with E-state index < -0.39 is 5.54 Å². The zero-order valence-corrected chi connectivity index (χ0v) is 13.1. The van der Waals surface area contributed by atoms with Gasteiger partial charge < -0.3 is 15.8 Å². The number of hydrogen-bond acceptors (Lipinski definition) is 4. The summed E-state index contributed by atoms with van der Waals surface area (Å²) in [7, 11) is 0. The molecule has 1 aliphatic heterocycles. The smallest absolute Gasteiger partial charge is 0.239 e. The number of ether oxygens (including phenoxy) is 1. The van der Waals surface area contributed by atoms with Gasteiger partial charge in [0.25, 0.3) is 0 Å². The van der Waals surface area contributed by atoms with E-state index in [1.807, 2.05) is 0 Å². The van der Waals surface area contributed by atoms with Crippen LogP contribution in [0.4, 0.5) is 0 Å². The van der Waals surface area contributed by atoms with E-state index in [9.17, 15) is 4.79 Å². The highest BCUT2D eigenvalue weighted by molar-refractivity contribution is 5.86. The molecule has 0 aromatic heterocycles. The molecule has 1 heterocycles. The minimum absolute atomic E-state index is 0.0399. The molecule has 5 nitrogen and oxygen atoms in total. The van der Waals surface area contributed by atoms with Gasteiger partial charge in [0, 0.05) is 18.6 Å². The van der Waals surface area contributed by atoms with Crippen molar-refractivity contribution in [2.45, 2.75) is 51.1 Å². The van der Waals surface area contributed by atoms with Gasteiger partial charge in [-0.1, -0.05) is 6.92 Å². The Morgan fingerprint density at radius 3 is 2.70 bits per heavy atom. The van der Waals surface area contributed by atoms with E-state index in [-0.39, 0.29) is 11.4 Å². The maximum atomic E-state index is 12.2. The second-order valence-electron chi connectivity index (χ2n) is 6.82. The van der Waals surface area contributed by atoms with Crippen LogP contribution in [0, 0.1) is 5.92 Å². The van der Waals surface area contributed by atoms with Gasteiger partial charge in [0.2, 0.25) is 5.91 Å². The number of morpholine rings is 1. The molecule has 0 aromatic rings. The Balaban J connectivity index is 2.15. The van der Waals surface area contributed by atoms with Gasteiger partial charge in [-0.05, 0) is 45.6 Å². The van der Waals surface area contributed by atoms with E-state index in [1.165, 1.54) is 0 Å². The van der Waals surface area contributed by atoms with E-state index >= 15 is 0 Å². The van der Waals surface area contributed by atoms with Crippen LogP contribution in [0.1, 0.15) is 40.0 Å². The van der Waals surface area contributed by atoms with Crippen molar-refractivity contribution in [3.8, 4) is 0 Å². The number of nitrogens with two attached hydrogens (primary N) is 1. The molecule has 0 spiro atoms. The van der Waals surface area contributed by atoms with Crippen LogP contribution >= 0.6 is 0 Å². The van der Waals surface area contributed by atoms with Gasteiger partial charge in [-0.25, -0.2) is 0 Å². The lowest BCUT2D eigenvalue weighted by Crippen LogP contribution is -2.67. The minimum atomic E-state index is -0.565. The summed E-state index contributed by atoms with van der Waals surface area (Å²) >= 11 is 0. The molecule has 5 heteroatoms. The molecule has 1 amide bonds. The topological polar surface area (TPSA) is 67.6 Å². The number of carbonyl (C=O) groups excluding carboxylic acids is 1. The molecule has 2 aliphatic rings. The summed E-state index contributed by atoms with van der Waals surface area (Å²) < 4.78 is 5.57. The minimum Gasteiger partial charge on any atom is -0.378 e. The Labute approximate surface area is 122 Å². The highest BCUT2D eigenvalue weighted by Gasteiger charge is 2.51. The summed E-state index contributed by atoms with van der Waals surface area (Å²) in [6.07, 6.45) is 3.21. The van der Waals surface area contributed by atoms with Crippen molar-refractivity contribution >= 4 is 5.91 Å². The number of amides is 1. The third-order valence-electron chi connectivity index (χ3n) is 4.66. The van der Waals surface area contributed by atoms with Gasteiger partial charge in [0.15, 0.2) is 0 Å². The Kier molecular flexibility index (Phi) is 4.72. The number of hydrogen-bond donors (Lipinski definition) is 2. The van der Waals surface area contributed by atoms with E-state index in [0.717, 1.165) is 39.0 Å². The van der Waals surface area contributed by atoms with Gasteiger partial charge >= 0.3 is 0 Å². The van der Waals surface area contributed by atoms with Gasteiger partial charge in [-0.15, -0.1) is 0 Å². The van der Waals surface area contributed by atoms with Crippen LogP contribution < -0.4 is 11.1 Å². The van der Waals surface area contributed by atoms with Crippen molar-refractivity contribution in [3.05, 3.63) is 0 Å². The number of carbonyl (C=O) groups is 1. The molecular formula is C15H29N3O2. The number of rotatable bonds is 7. The first-order chi connectivity index (χ1) is 9.42. The van der Waals surface area contributed by atoms with Crippen molar-refractivity contribution < 1.29 is 9.53 Å². The van der Waals surface area contributed by atoms with Crippen molar-refractivity contribution in [2.75, 3.05) is 32.8 Å². The van der Waals surface area contributed by atoms with Gasteiger partial charge in [0.1, 0.15) is 5.54 Å². The van der Waals surface area contributed by atoms with E-state index in [4.69, 9.17) is 10.5 Å². The van der Waals surface area contributed by atoms with Gasteiger partial charge in [0.05, 0.1) is 13.2 Å². The molecule has 1 unspecified atom stereocenters. The van der Waals surface area contributed by atoms with E-state index in [0.29, 0.717) is 19.1 Å². The van der Waals surface area contributed by atoms with Crippen LogP contribution in [-0.4, -0.2) is 54.7 Å². The highest BCUT2D eigenvalue weighted by atomic mass is 16.5. The normalized spacial score (nSPS) is 26.1. The van der Waals surface area contributed by atoms with Crippen molar-refractivity contribution in [1.29, 1.82) is 0 Å². The Hall–Kier alpha value is -0.650. The average Bonchev–Trinajstić information content (AvgIpc) is 3.20. The highest BCUT2D eigenvalue weighted by Crippen LogP contribution is 2.41. The maximum Gasteiger partial charge on any atom is 0.239 e. The summed E-state index contributed by atoms with van der Waals surface area (Å²) in [6, 6.07) is 0. The first kappa shape index (κ1) is 15.7. The molecular weight excluding hydrogens is 254 g/mol. The molecule has 1 saturated carbocycles. The molecule has 1 atom stereocenters. The molecule has 116 valence electrons. The molecule has 2 rings (SSSR count). The molecule has 2 fully saturated rings. The van der Waals surface area contributed by atoms with Gasteiger partial charge in [-0.3, -0.25) is 9.69 Å². The average molecular weight is 283 g/mol. The lowest BCUT2D eigenvalue weighted by Gasteiger charge is -2.47. The van der Waals surface area contributed by atoms with Crippen LogP contribution in [0.15, 0.2) is 0 Å². The summed E-state index contributed by atoms with van der Waals surface area (Å²) in [5.41, 5.74) is 5.19. The Morgan fingerprint density at radius 1 is 1.50 bits per heavy atom. The summed E-state index contributed by atoms with van der Waals surface area (Å²) in [5, 5.41) is 3.47. The van der Waals surface area contributed by atoms with E-state index in [1.54, 1.807) is 0 Å². The monoisotopic (exact) mass is 283 g/mol. The second kappa shape index (κ2) is 6.00. The molecule has 20 heavy (non-hydrogen) atoms. The number of nitrogens with one attached hydrogen (secondary N) is 1. The van der Waals surface area contributed by atoms with Crippen LogP contribution in [0.3, 0.4) is 0 Å². The largest absolute Gasteiger partial charge is 0.378 e. The zero-order valence-electron chi connectivity index (χ0n) is 13.1. The van der Waals surface area contributed by atoms with Crippen molar-refractivity contribution in [3.63, 3.8) is 0 Å². The standard InChI is InChI=1S/C15H29N3O2/c1-4-7-17-15(13(16)19,12-5-6-12)10-18-8-9-20-11-14(18,2)3/h12,17H,4-11H2,1-3H3,(H2,16,19). The Morgan fingerprint density at radius 2 is 2.20 bits per heavy atom. The van der Waals surface area contributed by atoms with Crippen LogP contribution in [0.2, 0.25) is 0 Å². The predicted molar refractivity (Wildman–Crippen MR) is 79.4 cm³/mol. The van der Waals surface area contributed by atoms with E-state index in [2.05, 4.69) is 31.0 Å². The van der Waals surface area contributed by atoms with Gasteiger partial charge in [-0.2, -0.15) is 0 Å². The molecule has 0 bridgehead atoms. The van der Waals surface area contributed by atoms with Crippen molar-refractivity contribution in [1.82, 2.24) is 10.2 Å². The maximum absolute atomic E-state index is 12.2. The zero-order chi connectivity index (χ0) is 14.8. The summed E-state index contributed by atoms with van der Waals surface area (Å²) in [4.78, 5) is 14.6. The first-order valence-electron chi connectivity index (χ1n) is 7.80. The fraction of sp³-hybridized carbons (Fsp3) is 0.933. The molecule has 3 N–H and O–H groups in total. The summed E-state index contributed by atoms with van der Waals surface area (Å²) in [5.74, 6) is 0.195. The van der Waals surface area contributed by atoms with Crippen LogP contribution in [-0.2, 0) is 9.53 Å². The molecule has 1 saturated heterocycles. The fourth-order valence-electron chi connectivity index (χ4n) is 3.10. The first-order valence-corrected chi connectivity index (χ1v) is 7.80. The molecule has 0 aromatic carbocycles. The fourth-order valence-corrected chi connectivity index (χ4v) is 3.10. The third kappa shape index (κ3) is 3.15. The number of nitrogens with zero attached hydrogens (tertiary/aromatic N) is 1. The lowest BCUT2D eigenvalue weighted by atomic mass is 9.88. The molecule has 0 radical (unpaired) electrons. The predicted octanol–water partition coefficient (Wildman–Crippen LogP) is 0.731. The third-order valence-corrected chi connectivity index (χ3v) is 4.66. The van der Waals surface area contributed by atoms with Crippen LogP contribution in [0.5, 0.6) is 0 Å². The second-order valence-corrected chi connectivity index (χ2v) is 6.82. The summed E-state index contributed by atoms with van der Waals surface area (Å²) in [6.45, 7) is 10.3. The SMILES string of the molecule is CCCNC(CN1CCOCC1(C)C)(C(N)=O)C1CC1. The Bertz CT molecular complexity index is 355.